The molecule has 0 bridgehead atoms. The summed E-state index contributed by atoms with van der Waals surface area (Å²) in [7, 11) is 0. The van der Waals surface area contributed by atoms with E-state index < -0.39 is 11.7 Å². The van der Waals surface area contributed by atoms with Crippen molar-refractivity contribution in [2.45, 2.75) is 51.2 Å². The number of benzene rings is 1. The first-order valence-corrected chi connectivity index (χ1v) is 8.93. The molecule has 0 saturated heterocycles. The normalized spacial score (nSPS) is 15.6. The third-order valence-electron chi connectivity index (χ3n) is 4.29. The predicted molar refractivity (Wildman–Crippen MR) is 97.1 cm³/mol. The molecule has 1 aliphatic rings. The van der Waals surface area contributed by atoms with E-state index in [2.05, 4.69) is 27.5 Å². The van der Waals surface area contributed by atoms with E-state index in [1.807, 2.05) is 13.0 Å². The van der Waals surface area contributed by atoms with Crippen molar-refractivity contribution in [3.05, 3.63) is 40.5 Å². The zero-order chi connectivity index (χ0) is 18.9. The van der Waals surface area contributed by atoms with Crippen LogP contribution in [0.25, 0.3) is 0 Å². The maximum atomic E-state index is 12.8. The SMILES string of the molecule is CC[C@@H](C)Nc1nc(Nc2ccc(C(F)(F)F)cc2Cl)cc(C2CC2)n1. The number of aromatic nitrogens is 2. The van der Waals surface area contributed by atoms with E-state index in [0.717, 1.165) is 37.1 Å². The minimum Gasteiger partial charge on any atom is -0.352 e. The summed E-state index contributed by atoms with van der Waals surface area (Å²) in [6.45, 7) is 4.09. The summed E-state index contributed by atoms with van der Waals surface area (Å²) in [5.74, 6) is 1.43. The van der Waals surface area contributed by atoms with Crippen molar-refractivity contribution in [2.24, 2.45) is 0 Å². The van der Waals surface area contributed by atoms with Crippen LogP contribution in [0.2, 0.25) is 5.02 Å². The van der Waals surface area contributed by atoms with Gasteiger partial charge in [-0.3, -0.25) is 0 Å². The van der Waals surface area contributed by atoms with Gasteiger partial charge in [0.25, 0.3) is 0 Å². The molecule has 0 amide bonds. The molecule has 1 fully saturated rings. The lowest BCUT2D eigenvalue weighted by Crippen LogP contribution is -2.16. The number of nitrogens with zero attached hydrogens (tertiary/aromatic N) is 2. The Bertz CT molecular complexity index is 790. The van der Waals surface area contributed by atoms with Gasteiger partial charge in [0.1, 0.15) is 5.82 Å². The van der Waals surface area contributed by atoms with Gasteiger partial charge in [0, 0.05) is 18.0 Å². The van der Waals surface area contributed by atoms with E-state index in [0.29, 0.717) is 23.4 Å². The highest BCUT2D eigenvalue weighted by atomic mass is 35.5. The zero-order valence-corrected chi connectivity index (χ0v) is 15.2. The van der Waals surface area contributed by atoms with Crippen LogP contribution in [0.4, 0.5) is 30.6 Å². The second kappa shape index (κ2) is 7.31. The zero-order valence-electron chi connectivity index (χ0n) is 14.5. The Labute approximate surface area is 155 Å². The lowest BCUT2D eigenvalue weighted by molar-refractivity contribution is -0.137. The van der Waals surface area contributed by atoms with Crippen LogP contribution in [0.5, 0.6) is 0 Å². The van der Waals surface area contributed by atoms with Crippen LogP contribution < -0.4 is 10.6 Å². The number of nitrogens with one attached hydrogen (secondary N) is 2. The topological polar surface area (TPSA) is 49.8 Å². The third kappa shape index (κ3) is 4.58. The van der Waals surface area contributed by atoms with Crippen molar-refractivity contribution < 1.29 is 13.2 Å². The van der Waals surface area contributed by atoms with Crippen LogP contribution >= 0.6 is 11.6 Å². The Morgan fingerprint density at radius 1 is 1.23 bits per heavy atom. The molecule has 140 valence electrons. The molecule has 1 saturated carbocycles. The molecule has 4 nitrogen and oxygen atoms in total. The van der Waals surface area contributed by atoms with Gasteiger partial charge in [0.2, 0.25) is 5.95 Å². The van der Waals surface area contributed by atoms with Crippen molar-refractivity contribution in [1.29, 1.82) is 0 Å². The number of rotatable bonds is 6. The van der Waals surface area contributed by atoms with Gasteiger partial charge in [-0.05, 0) is 44.4 Å². The molecule has 1 heterocycles. The average molecular weight is 385 g/mol. The van der Waals surface area contributed by atoms with Gasteiger partial charge in [0.15, 0.2) is 0 Å². The third-order valence-corrected chi connectivity index (χ3v) is 4.60. The molecule has 2 N–H and O–H groups in total. The molecular weight excluding hydrogens is 365 g/mol. The highest BCUT2D eigenvalue weighted by molar-refractivity contribution is 6.33. The number of hydrogen-bond acceptors (Lipinski definition) is 4. The lowest BCUT2D eigenvalue weighted by atomic mass is 10.2. The highest BCUT2D eigenvalue weighted by Gasteiger charge is 2.31. The Morgan fingerprint density at radius 3 is 2.54 bits per heavy atom. The summed E-state index contributed by atoms with van der Waals surface area (Å²) < 4.78 is 38.3. The van der Waals surface area contributed by atoms with Crippen molar-refractivity contribution in [3.8, 4) is 0 Å². The summed E-state index contributed by atoms with van der Waals surface area (Å²) in [4.78, 5) is 8.97. The fourth-order valence-corrected chi connectivity index (χ4v) is 2.66. The van der Waals surface area contributed by atoms with Gasteiger partial charge in [-0.2, -0.15) is 18.2 Å². The molecule has 8 heteroatoms. The maximum absolute atomic E-state index is 12.8. The van der Waals surface area contributed by atoms with Crippen LogP contribution in [0.1, 0.15) is 50.3 Å². The molecule has 0 aliphatic heterocycles. The van der Waals surface area contributed by atoms with E-state index in [9.17, 15) is 13.2 Å². The van der Waals surface area contributed by atoms with Crippen molar-refractivity contribution in [1.82, 2.24) is 9.97 Å². The summed E-state index contributed by atoms with van der Waals surface area (Å²) in [5, 5.41) is 6.24. The minimum atomic E-state index is -4.43. The number of alkyl halides is 3. The highest BCUT2D eigenvalue weighted by Crippen LogP contribution is 2.40. The number of hydrogen-bond donors (Lipinski definition) is 2. The van der Waals surface area contributed by atoms with Crippen LogP contribution in [0.15, 0.2) is 24.3 Å². The first kappa shape index (κ1) is 18.8. The summed E-state index contributed by atoms with van der Waals surface area (Å²) in [6.07, 6.45) is -1.34. The number of anilines is 3. The minimum absolute atomic E-state index is 0.0113. The Balaban J connectivity index is 1.87. The van der Waals surface area contributed by atoms with E-state index >= 15 is 0 Å². The molecule has 1 aromatic heterocycles. The molecule has 1 atom stereocenters. The molecule has 3 rings (SSSR count). The second-order valence-corrected chi connectivity index (χ2v) is 6.95. The van der Waals surface area contributed by atoms with Crippen molar-refractivity contribution in [3.63, 3.8) is 0 Å². The van der Waals surface area contributed by atoms with Crippen LogP contribution in [-0.2, 0) is 6.18 Å². The van der Waals surface area contributed by atoms with E-state index in [1.54, 1.807) is 0 Å². The van der Waals surface area contributed by atoms with E-state index in [1.165, 1.54) is 6.07 Å². The average Bonchev–Trinajstić information content (AvgIpc) is 3.40. The standard InChI is InChI=1S/C18H20ClF3N4/c1-3-10(2)23-17-25-15(11-4-5-11)9-16(26-17)24-14-7-6-12(8-13(14)19)18(20,21)22/h6-11H,3-5H2,1-2H3,(H2,23,24,25,26)/t10-/m1/s1. The molecule has 0 radical (unpaired) electrons. The molecule has 0 unspecified atom stereocenters. The van der Waals surface area contributed by atoms with E-state index in [4.69, 9.17) is 11.6 Å². The van der Waals surface area contributed by atoms with Crippen LogP contribution in [-0.4, -0.2) is 16.0 Å². The number of halogens is 4. The van der Waals surface area contributed by atoms with Gasteiger partial charge in [-0.25, -0.2) is 4.98 Å². The monoisotopic (exact) mass is 384 g/mol. The predicted octanol–water partition coefficient (Wildman–Crippen LogP) is 5.98. The van der Waals surface area contributed by atoms with Crippen molar-refractivity contribution in [2.75, 3.05) is 10.6 Å². The first-order chi connectivity index (χ1) is 12.3. The maximum Gasteiger partial charge on any atom is 0.416 e. The Hall–Kier alpha value is -2.02. The van der Waals surface area contributed by atoms with Crippen molar-refractivity contribution >= 4 is 29.1 Å². The van der Waals surface area contributed by atoms with Gasteiger partial charge in [0.05, 0.1) is 22.0 Å². The second-order valence-electron chi connectivity index (χ2n) is 6.55. The molecule has 1 aliphatic carbocycles. The van der Waals surface area contributed by atoms with Gasteiger partial charge < -0.3 is 10.6 Å². The molecular formula is C18H20ClF3N4. The quantitative estimate of drug-likeness (QED) is 0.643. The van der Waals surface area contributed by atoms with Gasteiger partial charge in [-0.1, -0.05) is 18.5 Å². The fraction of sp³-hybridized carbons (Fsp3) is 0.444. The summed E-state index contributed by atoms with van der Waals surface area (Å²) >= 11 is 6.03. The molecule has 0 spiro atoms. The molecule has 1 aromatic carbocycles. The smallest absolute Gasteiger partial charge is 0.352 e. The first-order valence-electron chi connectivity index (χ1n) is 8.55. The fourth-order valence-electron chi connectivity index (χ4n) is 2.44. The Kier molecular flexibility index (Phi) is 5.27. The summed E-state index contributed by atoms with van der Waals surface area (Å²) in [6, 6.07) is 5.26. The lowest BCUT2D eigenvalue weighted by Gasteiger charge is -2.15. The van der Waals surface area contributed by atoms with E-state index in [-0.39, 0.29) is 11.1 Å². The van der Waals surface area contributed by atoms with Gasteiger partial charge >= 0.3 is 6.18 Å². The Morgan fingerprint density at radius 2 is 1.96 bits per heavy atom. The van der Waals surface area contributed by atoms with Crippen LogP contribution in [0, 0.1) is 0 Å². The van der Waals surface area contributed by atoms with Gasteiger partial charge in [-0.15, -0.1) is 0 Å². The largest absolute Gasteiger partial charge is 0.416 e. The molecule has 26 heavy (non-hydrogen) atoms. The molecule has 2 aromatic rings. The summed E-state index contributed by atoms with van der Waals surface area (Å²) in [5.41, 5.74) is 0.513. The van der Waals surface area contributed by atoms with Crippen LogP contribution in [0.3, 0.4) is 0 Å².